The van der Waals surface area contributed by atoms with E-state index in [2.05, 4.69) is 10.6 Å². The summed E-state index contributed by atoms with van der Waals surface area (Å²) in [5.41, 5.74) is 0.502. The lowest BCUT2D eigenvalue weighted by Gasteiger charge is -2.37. The molecule has 0 aromatic heterocycles. The van der Waals surface area contributed by atoms with Gasteiger partial charge >= 0.3 is 17.9 Å². The molecule has 3 atom stereocenters. The minimum Gasteiger partial charge on any atom is -0.466 e. The summed E-state index contributed by atoms with van der Waals surface area (Å²) in [5, 5.41) is 18.1. The summed E-state index contributed by atoms with van der Waals surface area (Å²) in [7, 11) is 0. The molecule has 0 bridgehead atoms. The molecule has 3 amide bonds. The summed E-state index contributed by atoms with van der Waals surface area (Å²) >= 11 is 6.27. The van der Waals surface area contributed by atoms with Crippen molar-refractivity contribution in [3.8, 4) is 0 Å². The number of rotatable bonds is 11. The van der Waals surface area contributed by atoms with Gasteiger partial charge in [0.2, 0.25) is 5.60 Å². The second-order valence-corrected chi connectivity index (χ2v) is 10.4. The molecule has 0 spiro atoms. The van der Waals surface area contributed by atoms with E-state index in [1.165, 1.54) is 6.92 Å². The van der Waals surface area contributed by atoms with Crippen molar-refractivity contribution in [3.63, 3.8) is 0 Å². The van der Waals surface area contributed by atoms with Crippen molar-refractivity contribution < 1.29 is 28.7 Å². The van der Waals surface area contributed by atoms with Crippen LogP contribution in [0.5, 0.6) is 0 Å². The number of nitrogens with zero attached hydrogens (tertiary/aromatic N) is 1. The lowest BCUT2D eigenvalue weighted by molar-refractivity contribution is -0.789. The van der Waals surface area contributed by atoms with Gasteiger partial charge in [-0.25, -0.2) is 9.59 Å². The third-order valence-electron chi connectivity index (χ3n) is 7.34. The number of aliphatic hydroxyl groups is 1. The first-order valence-corrected chi connectivity index (χ1v) is 13.6. The smallest absolute Gasteiger partial charge is 0.424 e. The van der Waals surface area contributed by atoms with E-state index >= 15 is 0 Å². The molecule has 2 aromatic carbocycles. The van der Waals surface area contributed by atoms with Crippen molar-refractivity contribution in [1.29, 1.82) is 0 Å². The number of esters is 1. The molecule has 1 saturated heterocycles. The molecule has 1 aliphatic rings. The molecule has 1 aliphatic heterocycles. The Morgan fingerprint density at radius 1 is 1.13 bits per heavy atom. The highest BCUT2D eigenvalue weighted by Gasteiger charge is 2.58. The third kappa shape index (κ3) is 6.80. The number of carbonyl (C=O) groups is 3. The number of amides is 3. The van der Waals surface area contributed by atoms with Crippen LogP contribution in [0.3, 0.4) is 0 Å². The number of carbonyl (C=O) groups excluding carboxylic acids is 3. The second kappa shape index (κ2) is 13.3. The van der Waals surface area contributed by atoms with Gasteiger partial charge in [0.1, 0.15) is 6.04 Å². The Labute approximate surface area is 229 Å². The van der Waals surface area contributed by atoms with Crippen LogP contribution < -0.4 is 10.6 Å². The Morgan fingerprint density at radius 2 is 1.87 bits per heavy atom. The fourth-order valence-electron chi connectivity index (χ4n) is 5.13. The molecule has 9 heteroatoms. The number of urea groups is 1. The highest BCUT2D eigenvalue weighted by atomic mass is 35.5. The van der Waals surface area contributed by atoms with Gasteiger partial charge in [0, 0.05) is 31.0 Å². The molecular formula is C29H39ClN3O5+. The van der Waals surface area contributed by atoms with Gasteiger partial charge in [0.25, 0.3) is 0 Å². The van der Waals surface area contributed by atoms with Gasteiger partial charge in [0.05, 0.1) is 19.6 Å². The van der Waals surface area contributed by atoms with Gasteiger partial charge in [-0.1, -0.05) is 48.0 Å². The SMILES string of the molecule is CCOC(=O)CCNCCc1ccc(Cl)cc1CNC(=O)[N+]1(C(=O)[C@](C)(O)c2ccccc2)CCC[C@H]1C. The second-order valence-electron chi connectivity index (χ2n) is 9.95. The average molecular weight is 545 g/mol. The molecule has 1 fully saturated rings. The largest absolute Gasteiger partial charge is 0.466 e. The number of ether oxygens (including phenoxy) is 1. The van der Waals surface area contributed by atoms with Crippen molar-refractivity contribution >= 4 is 29.5 Å². The zero-order chi connectivity index (χ0) is 27.8. The number of halogens is 1. The van der Waals surface area contributed by atoms with Crippen molar-refractivity contribution in [2.75, 3.05) is 26.2 Å². The van der Waals surface area contributed by atoms with Gasteiger partial charge in [-0.05, 0) is 62.6 Å². The Morgan fingerprint density at radius 3 is 2.53 bits per heavy atom. The highest BCUT2D eigenvalue weighted by molar-refractivity contribution is 6.30. The molecule has 3 rings (SSSR count). The number of likely N-dealkylation sites (tertiary alicyclic amines) is 1. The van der Waals surface area contributed by atoms with Gasteiger partial charge in [-0.2, -0.15) is 4.48 Å². The fraction of sp³-hybridized carbons (Fsp3) is 0.483. The van der Waals surface area contributed by atoms with E-state index in [-0.39, 0.29) is 18.6 Å². The van der Waals surface area contributed by atoms with E-state index in [9.17, 15) is 19.5 Å². The van der Waals surface area contributed by atoms with Crippen LogP contribution in [0.25, 0.3) is 0 Å². The van der Waals surface area contributed by atoms with Gasteiger partial charge in [0.15, 0.2) is 0 Å². The van der Waals surface area contributed by atoms with Crippen molar-refractivity contribution in [3.05, 3.63) is 70.2 Å². The number of imide groups is 1. The average Bonchev–Trinajstić information content (AvgIpc) is 3.30. The van der Waals surface area contributed by atoms with Crippen LogP contribution in [0.4, 0.5) is 4.79 Å². The minimum atomic E-state index is -1.81. The van der Waals surface area contributed by atoms with Crippen LogP contribution >= 0.6 is 11.6 Å². The summed E-state index contributed by atoms with van der Waals surface area (Å²) in [4.78, 5) is 39.1. The molecule has 1 unspecified atom stereocenters. The number of nitrogens with one attached hydrogen (secondary N) is 2. The number of quaternary nitrogens is 1. The standard InChI is InChI=1S/C29H38ClN3O5/c1-4-38-26(34)15-17-31-16-14-22-12-13-25(30)19-23(22)20-32-28(36)33(18-8-9-21(33)2)27(35)29(3,37)24-10-6-5-7-11-24/h5-7,10-13,19,21,31,37H,4,8-9,14-18,20H2,1-3H3/p+1/t21-,29-,33?/m1/s1. The highest BCUT2D eigenvalue weighted by Crippen LogP contribution is 2.35. The van der Waals surface area contributed by atoms with Gasteiger partial charge < -0.3 is 20.5 Å². The van der Waals surface area contributed by atoms with Gasteiger partial charge in [-0.3, -0.25) is 4.79 Å². The topological polar surface area (TPSA) is 105 Å². The van der Waals surface area contributed by atoms with E-state index in [4.69, 9.17) is 16.3 Å². The van der Waals surface area contributed by atoms with Crippen LogP contribution in [-0.2, 0) is 32.9 Å². The van der Waals surface area contributed by atoms with E-state index in [0.29, 0.717) is 62.5 Å². The maximum atomic E-state index is 13.9. The summed E-state index contributed by atoms with van der Waals surface area (Å²) in [6.45, 7) is 7.18. The van der Waals surface area contributed by atoms with Crippen LogP contribution in [0.1, 0.15) is 56.7 Å². The molecule has 3 N–H and O–H groups in total. The molecule has 0 aliphatic carbocycles. The Bertz CT molecular complexity index is 1120. The van der Waals surface area contributed by atoms with Crippen LogP contribution in [-0.4, -0.2) is 59.8 Å². The zero-order valence-electron chi connectivity index (χ0n) is 22.5. The monoisotopic (exact) mass is 544 g/mol. The molecule has 0 saturated carbocycles. The lowest BCUT2D eigenvalue weighted by atomic mass is 9.93. The predicted molar refractivity (Wildman–Crippen MR) is 146 cm³/mol. The summed E-state index contributed by atoms with van der Waals surface area (Å²) in [6.07, 6.45) is 2.40. The minimum absolute atomic E-state index is 0.199. The van der Waals surface area contributed by atoms with Crippen molar-refractivity contribution in [2.24, 2.45) is 0 Å². The Hall–Kier alpha value is -2.78. The van der Waals surface area contributed by atoms with Crippen molar-refractivity contribution in [1.82, 2.24) is 10.6 Å². The number of hydrogen-bond acceptors (Lipinski definition) is 6. The first-order chi connectivity index (χ1) is 18.1. The summed E-state index contributed by atoms with van der Waals surface area (Å²) < 4.78 is 4.49. The van der Waals surface area contributed by atoms with E-state index < -0.39 is 22.0 Å². The summed E-state index contributed by atoms with van der Waals surface area (Å²) in [5.74, 6) is -0.757. The zero-order valence-corrected chi connectivity index (χ0v) is 23.2. The first-order valence-electron chi connectivity index (χ1n) is 13.3. The molecule has 1 heterocycles. The molecule has 38 heavy (non-hydrogen) atoms. The maximum Gasteiger partial charge on any atom is 0.424 e. The first kappa shape index (κ1) is 29.8. The third-order valence-corrected chi connectivity index (χ3v) is 7.58. The van der Waals surface area contributed by atoms with E-state index in [1.54, 1.807) is 37.3 Å². The Kier molecular flexibility index (Phi) is 10.4. The Balaban J connectivity index is 1.71. The number of benzene rings is 2. The number of hydrogen-bond donors (Lipinski definition) is 3. The molecule has 0 radical (unpaired) electrons. The maximum absolute atomic E-state index is 13.9. The summed E-state index contributed by atoms with van der Waals surface area (Å²) in [6, 6.07) is 13.6. The van der Waals surface area contributed by atoms with Crippen molar-refractivity contribution in [2.45, 2.75) is 64.6 Å². The molecule has 206 valence electrons. The lowest BCUT2D eigenvalue weighted by Crippen LogP contribution is -2.67. The van der Waals surface area contributed by atoms with Crippen LogP contribution in [0, 0.1) is 0 Å². The normalized spacial score (nSPS) is 20.5. The van der Waals surface area contributed by atoms with Crippen LogP contribution in [0.2, 0.25) is 5.02 Å². The molecular weight excluding hydrogens is 506 g/mol. The molecule has 8 nitrogen and oxygen atoms in total. The van der Waals surface area contributed by atoms with E-state index in [1.807, 2.05) is 25.1 Å². The van der Waals surface area contributed by atoms with Gasteiger partial charge in [-0.15, -0.1) is 0 Å². The van der Waals surface area contributed by atoms with E-state index in [0.717, 1.165) is 11.1 Å². The fourth-order valence-corrected chi connectivity index (χ4v) is 5.33. The van der Waals surface area contributed by atoms with Crippen LogP contribution in [0.15, 0.2) is 48.5 Å². The molecule has 2 aromatic rings. The predicted octanol–water partition coefficient (Wildman–Crippen LogP) is 4.07. The quantitative estimate of drug-likeness (QED) is 0.224.